The number of carbonyl (C=O) groups excluding carboxylic acids is 1. The molecule has 0 aliphatic heterocycles. The zero-order chi connectivity index (χ0) is 13.7. The number of nitrogens with two attached hydrogens (primary N) is 1. The molecule has 1 amide bonds. The van der Waals surface area contributed by atoms with Crippen molar-refractivity contribution >= 4 is 23.1 Å². The van der Waals surface area contributed by atoms with Gasteiger partial charge in [-0.2, -0.15) is 0 Å². The third kappa shape index (κ3) is 3.68. The van der Waals surface area contributed by atoms with Crippen molar-refractivity contribution in [2.24, 2.45) is 11.7 Å². The van der Waals surface area contributed by atoms with Crippen molar-refractivity contribution < 1.29 is 4.79 Å². The quantitative estimate of drug-likeness (QED) is 0.618. The molecule has 0 spiro atoms. The topological polar surface area (TPSA) is 55.1 Å². The Morgan fingerprint density at radius 2 is 1.53 bits per heavy atom. The molecule has 0 aromatic rings. The first-order valence-electron chi connectivity index (χ1n) is 7.76. The SMILES string of the molecule is NC(=S)C1(NC(=O)C2CCCCCC2)CCCCC1. The molecule has 2 aliphatic rings. The lowest BCUT2D eigenvalue weighted by molar-refractivity contribution is -0.127. The molecule has 2 aliphatic carbocycles. The summed E-state index contributed by atoms with van der Waals surface area (Å²) in [7, 11) is 0. The Labute approximate surface area is 121 Å². The molecule has 0 unspecified atom stereocenters. The highest BCUT2D eigenvalue weighted by molar-refractivity contribution is 7.80. The van der Waals surface area contributed by atoms with Crippen LogP contribution in [0.1, 0.15) is 70.6 Å². The fraction of sp³-hybridized carbons (Fsp3) is 0.867. The summed E-state index contributed by atoms with van der Waals surface area (Å²) in [5.41, 5.74) is 5.54. The van der Waals surface area contributed by atoms with Gasteiger partial charge in [0.25, 0.3) is 0 Å². The fourth-order valence-electron chi connectivity index (χ4n) is 3.47. The van der Waals surface area contributed by atoms with E-state index in [-0.39, 0.29) is 11.8 Å². The van der Waals surface area contributed by atoms with Crippen molar-refractivity contribution in [1.82, 2.24) is 5.32 Å². The lowest BCUT2D eigenvalue weighted by atomic mass is 9.81. The predicted octanol–water partition coefficient (Wildman–Crippen LogP) is 3.06. The first-order valence-corrected chi connectivity index (χ1v) is 8.17. The second-order valence-electron chi connectivity index (χ2n) is 6.18. The summed E-state index contributed by atoms with van der Waals surface area (Å²) in [6, 6.07) is 0. The fourth-order valence-corrected chi connectivity index (χ4v) is 3.72. The van der Waals surface area contributed by atoms with Crippen LogP contribution in [0.5, 0.6) is 0 Å². The molecule has 0 atom stereocenters. The molecular formula is C15H26N2OS. The van der Waals surface area contributed by atoms with Gasteiger partial charge in [0.05, 0.1) is 10.5 Å². The number of rotatable bonds is 3. The van der Waals surface area contributed by atoms with Gasteiger partial charge in [-0.1, -0.05) is 57.2 Å². The van der Waals surface area contributed by atoms with Gasteiger partial charge >= 0.3 is 0 Å². The highest BCUT2D eigenvalue weighted by Gasteiger charge is 2.37. The molecule has 3 nitrogen and oxygen atoms in total. The van der Waals surface area contributed by atoms with Crippen LogP contribution in [0.2, 0.25) is 0 Å². The van der Waals surface area contributed by atoms with Gasteiger partial charge in [0.1, 0.15) is 0 Å². The third-order valence-electron chi connectivity index (χ3n) is 4.77. The van der Waals surface area contributed by atoms with Gasteiger partial charge in [-0.05, 0) is 25.7 Å². The van der Waals surface area contributed by atoms with Crippen LogP contribution in [-0.4, -0.2) is 16.4 Å². The maximum atomic E-state index is 12.5. The molecule has 19 heavy (non-hydrogen) atoms. The van der Waals surface area contributed by atoms with Crippen LogP contribution in [0.15, 0.2) is 0 Å². The number of thiocarbonyl (C=S) groups is 1. The van der Waals surface area contributed by atoms with Gasteiger partial charge in [-0.3, -0.25) is 4.79 Å². The highest BCUT2D eigenvalue weighted by Crippen LogP contribution is 2.30. The average molecular weight is 282 g/mol. The van der Waals surface area contributed by atoms with Crippen molar-refractivity contribution in [3.63, 3.8) is 0 Å². The molecule has 2 rings (SSSR count). The molecule has 3 N–H and O–H groups in total. The van der Waals surface area contributed by atoms with Crippen molar-refractivity contribution in [1.29, 1.82) is 0 Å². The summed E-state index contributed by atoms with van der Waals surface area (Å²) < 4.78 is 0. The van der Waals surface area contributed by atoms with E-state index < -0.39 is 5.54 Å². The molecule has 4 heteroatoms. The normalized spacial score (nSPS) is 24.4. The van der Waals surface area contributed by atoms with Crippen LogP contribution in [0.25, 0.3) is 0 Å². The van der Waals surface area contributed by atoms with Crippen molar-refractivity contribution in [2.75, 3.05) is 0 Å². The number of hydrogen-bond donors (Lipinski definition) is 2. The lowest BCUT2D eigenvalue weighted by Gasteiger charge is -2.38. The second-order valence-corrected chi connectivity index (χ2v) is 6.62. The van der Waals surface area contributed by atoms with E-state index in [1.54, 1.807) is 0 Å². The summed E-state index contributed by atoms with van der Waals surface area (Å²) in [5.74, 6) is 0.368. The van der Waals surface area contributed by atoms with E-state index in [1.807, 2.05) is 0 Å². The Hall–Kier alpha value is -0.640. The summed E-state index contributed by atoms with van der Waals surface area (Å²) in [6.45, 7) is 0. The summed E-state index contributed by atoms with van der Waals surface area (Å²) in [6.07, 6.45) is 12.2. The maximum absolute atomic E-state index is 12.5. The number of carbonyl (C=O) groups is 1. The van der Waals surface area contributed by atoms with Gasteiger partial charge < -0.3 is 11.1 Å². The van der Waals surface area contributed by atoms with E-state index in [2.05, 4.69) is 5.32 Å². The molecule has 0 bridgehead atoms. The summed E-state index contributed by atoms with van der Waals surface area (Å²) in [4.78, 5) is 13.0. The Morgan fingerprint density at radius 1 is 1.00 bits per heavy atom. The van der Waals surface area contributed by atoms with E-state index in [0.29, 0.717) is 4.99 Å². The van der Waals surface area contributed by atoms with E-state index >= 15 is 0 Å². The third-order valence-corrected chi connectivity index (χ3v) is 5.16. The molecule has 0 heterocycles. The van der Waals surface area contributed by atoms with E-state index in [9.17, 15) is 4.79 Å². The number of hydrogen-bond acceptors (Lipinski definition) is 2. The van der Waals surface area contributed by atoms with Gasteiger partial charge in [0.2, 0.25) is 5.91 Å². The largest absolute Gasteiger partial charge is 0.391 e. The van der Waals surface area contributed by atoms with Gasteiger partial charge in [-0.25, -0.2) is 0 Å². The zero-order valence-corrected chi connectivity index (χ0v) is 12.6. The Bertz CT molecular complexity index is 329. The van der Waals surface area contributed by atoms with Gasteiger partial charge in [-0.15, -0.1) is 0 Å². The van der Waals surface area contributed by atoms with Gasteiger partial charge in [0.15, 0.2) is 0 Å². The monoisotopic (exact) mass is 282 g/mol. The first-order chi connectivity index (χ1) is 9.14. The minimum Gasteiger partial charge on any atom is -0.391 e. The first kappa shape index (κ1) is 14.8. The molecule has 2 saturated carbocycles. The zero-order valence-electron chi connectivity index (χ0n) is 11.7. The van der Waals surface area contributed by atoms with Gasteiger partial charge in [0, 0.05) is 5.92 Å². The molecule has 0 aromatic heterocycles. The molecule has 0 radical (unpaired) electrons. The van der Waals surface area contributed by atoms with Crippen molar-refractivity contribution in [3.05, 3.63) is 0 Å². The number of nitrogens with one attached hydrogen (secondary N) is 1. The summed E-state index contributed by atoms with van der Waals surface area (Å²) >= 11 is 5.24. The average Bonchev–Trinajstić information content (AvgIpc) is 2.68. The number of amides is 1. The van der Waals surface area contributed by atoms with Crippen LogP contribution in [0.3, 0.4) is 0 Å². The molecule has 108 valence electrons. The van der Waals surface area contributed by atoms with E-state index in [0.717, 1.165) is 38.5 Å². The van der Waals surface area contributed by atoms with Crippen LogP contribution >= 0.6 is 12.2 Å². The standard InChI is InChI=1S/C15H26N2OS/c16-14(19)15(10-6-3-7-11-15)17-13(18)12-8-4-1-2-5-9-12/h12H,1-11H2,(H2,16,19)(H,17,18). The van der Waals surface area contributed by atoms with Crippen LogP contribution < -0.4 is 11.1 Å². The Kier molecular flexibility index (Phi) is 5.20. The molecule has 0 saturated heterocycles. The lowest BCUT2D eigenvalue weighted by Crippen LogP contribution is -2.58. The molecule has 0 aromatic carbocycles. The predicted molar refractivity (Wildman–Crippen MR) is 81.9 cm³/mol. The molecular weight excluding hydrogens is 256 g/mol. The highest BCUT2D eigenvalue weighted by atomic mass is 32.1. The van der Waals surface area contributed by atoms with Crippen molar-refractivity contribution in [2.45, 2.75) is 76.2 Å². The van der Waals surface area contributed by atoms with Crippen molar-refractivity contribution in [3.8, 4) is 0 Å². The van der Waals surface area contributed by atoms with Crippen LogP contribution in [0, 0.1) is 5.92 Å². The smallest absolute Gasteiger partial charge is 0.223 e. The minimum absolute atomic E-state index is 0.177. The van der Waals surface area contributed by atoms with Crippen LogP contribution in [0.4, 0.5) is 0 Å². The maximum Gasteiger partial charge on any atom is 0.223 e. The second kappa shape index (κ2) is 6.69. The van der Waals surface area contributed by atoms with Crippen LogP contribution in [-0.2, 0) is 4.79 Å². The molecule has 2 fully saturated rings. The van der Waals surface area contributed by atoms with E-state index in [1.165, 1.54) is 32.1 Å². The summed E-state index contributed by atoms with van der Waals surface area (Å²) in [5, 5.41) is 3.22. The Morgan fingerprint density at radius 3 is 2.05 bits per heavy atom. The van der Waals surface area contributed by atoms with E-state index in [4.69, 9.17) is 18.0 Å². The minimum atomic E-state index is -0.392. The Balaban J connectivity index is 1.99.